The van der Waals surface area contributed by atoms with Crippen molar-refractivity contribution in [1.82, 2.24) is 10.3 Å². The van der Waals surface area contributed by atoms with E-state index >= 15 is 0 Å². The molecule has 0 fully saturated rings. The van der Waals surface area contributed by atoms with Crippen LogP contribution in [0.15, 0.2) is 0 Å². The zero-order valence-electron chi connectivity index (χ0n) is 7.74. The summed E-state index contributed by atoms with van der Waals surface area (Å²) in [6.07, 6.45) is 0. The maximum atomic E-state index is 5.97. The van der Waals surface area contributed by atoms with Crippen LogP contribution in [0.5, 0.6) is 0 Å². The molecule has 0 unspecified atom stereocenters. The third-order valence-electron chi connectivity index (χ3n) is 1.94. The smallest absolute Gasteiger partial charge is 0.150 e. The Kier molecular flexibility index (Phi) is 3.84. The van der Waals surface area contributed by atoms with E-state index in [1.807, 2.05) is 6.92 Å². The van der Waals surface area contributed by atoms with Gasteiger partial charge in [0.25, 0.3) is 0 Å². The van der Waals surface area contributed by atoms with E-state index in [0.29, 0.717) is 10.7 Å². The third-order valence-corrected chi connectivity index (χ3v) is 3.09. The largest absolute Gasteiger partial charge is 0.396 e. The number of nitrogens with zero attached hydrogens (tertiary/aromatic N) is 1. The van der Waals surface area contributed by atoms with Crippen LogP contribution in [0.1, 0.15) is 18.7 Å². The van der Waals surface area contributed by atoms with Crippen molar-refractivity contribution in [3.8, 4) is 0 Å². The Labute approximate surface area is 97.5 Å². The molecule has 0 bridgehead atoms. The van der Waals surface area contributed by atoms with Gasteiger partial charge in [-0.3, -0.25) is 0 Å². The van der Waals surface area contributed by atoms with E-state index in [1.165, 1.54) is 0 Å². The average molecular weight is 255 g/mol. The zero-order valence-corrected chi connectivity index (χ0v) is 10.0. The van der Waals surface area contributed by atoms with Crippen molar-refractivity contribution >= 4 is 40.5 Å². The topological polar surface area (TPSA) is 50.9 Å². The molecule has 0 aliphatic rings. The van der Waals surface area contributed by atoms with Crippen molar-refractivity contribution < 1.29 is 0 Å². The maximum Gasteiger partial charge on any atom is 0.150 e. The third kappa shape index (κ3) is 2.06. The fourth-order valence-corrected chi connectivity index (χ4v) is 1.65. The van der Waals surface area contributed by atoms with Gasteiger partial charge in [0.2, 0.25) is 0 Å². The molecular weight excluding hydrogens is 244 g/mol. The molecule has 0 spiro atoms. The Morgan fingerprint density at radius 2 is 1.86 bits per heavy atom. The maximum absolute atomic E-state index is 5.97. The number of pyridine rings is 1. The number of nitrogens with two attached hydrogens (primary N) is 1. The molecule has 14 heavy (non-hydrogen) atoms. The van der Waals surface area contributed by atoms with Gasteiger partial charge in [-0.1, -0.05) is 34.8 Å². The van der Waals surface area contributed by atoms with E-state index in [0.717, 1.165) is 0 Å². The number of rotatable bonds is 2. The molecule has 0 aliphatic heterocycles. The molecule has 0 aromatic carbocycles. The fraction of sp³-hybridized carbons (Fsp3) is 0.375. The summed E-state index contributed by atoms with van der Waals surface area (Å²) >= 11 is 17.5. The zero-order chi connectivity index (χ0) is 10.9. The van der Waals surface area contributed by atoms with Crippen LogP contribution in [0.2, 0.25) is 15.2 Å². The minimum absolute atomic E-state index is 0.0282. The highest BCUT2D eigenvalue weighted by Gasteiger charge is 2.17. The Balaban J connectivity index is 3.33. The molecule has 0 aliphatic carbocycles. The van der Waals surface area contributed by atoms with Crippen molar-refractivity contribution in [3.05, 3.63) is 20.9 Å². The highest BCUT2D eigenvalue weighted by molar-refractivity contribution is 6.45. The molecule has 3 N–H and O–H groups in total. The van der Waals surface area contributed by atoms with Gasteiger partial charge >= 0.3 is 0 Å². The lowest BCUT2D eigenvalue weighted by Gasteiger charge is -2.14. The van der Waals surface area contributed by atoms with E-state index in [9.17, 15) is 0 Å². The molecule has 6 heteroatoms. The highest BCUT2D eigenvalue weighted by Crippen LogP contribution is 2.36. The average Bonchev–Trinajstić information content (AvgIpc) is 2.19. The van der Waals surface area contributed by atoms with Gasteiger partial charge in [-0.05, 0) is 14.0 Å². The number of aromatic nitrogens is 1. The SMILES string of the molecule is CN[C@@H](C)c1nc(Cl)c(Cl)c(N)c1Cl. The van der Waals surface area contributed by atoms with Gasteiger partial charge in [-0.15, -0.1) is 0 Å². The lowest BCUT2D eigenvalue weighted by atomic mass is 10.2. The van der Waals surface area contributed by atoms with E-state index in [1.54, 1.807) is 7.05 Å². The molecule has 1 aromatic rings. The van der Waals surface area contributed by atoms with E-state index in [2.05, 4.69) is 10.3 Å². The lowest BCUT2D eigenvalue weighted by molar-refractivity contribution is 0.633. The standard InChI is InChI=1S/C8H10Cl3N3/c1-3(13-2)7-4(9)6(12)5(10)8(11)14-7/h3,13H,1-2H3,(H2,12,14)/t3-/m0/s1. The number of hydrogen-bond donors (Lipinski definition) is 2. The van der Waals surface area contributed by atoms with Gasteiger partial charge in [-0.2, -0.15) is 0 Å². The second kappa shape index (κ2) is 4.53. The molecular formula is C8H10Cl3N3. The van der Waals surface area contributed by atoms with Crippen molar-refractivity contribution in [2.24, 2.45) is 0 Å². The Hall–Kier alpha value is -0.220. The summed E-state index contributed by atoms with van der Waals surface area (Å²) in [6, 6.07) is -0.0282. The van der Waals surface area contributed by atoms with Crippen LogP contribution in [0.3, 0.4) is 0 Å². The summed E-state index contributed by atoms with van der Waals surface area (Å²) in [7, 11) is 1.79. The molecule has 0 saturated heterocycles. The van der Waals surface area contributed by atoms with Gasteiger partial charge in [0, 0.05) is 6.04 Å². The van der Waals surface area contributed by atoms with Crippen molar-refractivity contribution in [3.63, 3.8) is 0 Å². The van der Waals surface area contributed by atoms with E-state index in [4.69, 9.17) is 40.5 Å². The van der Waals surface area contributed by atoms with Gasteiger partial charge in [0.1, 0.15) is 10.2 Å². The van der Waals surface area contributed by atoms with Crippen LogP contribution >= 0.6 is 34.8 Å². The lowest BCUT2D eigenvalue weighted by Crippen LogP contribution is -2.15. The predicted molar refractivity (Wildman–Crippen MR) is 61.2 cm³/mol. The Bertz CT molecular complexity index is 354. The molecule has 78 valence electrons. The van der Waals surface area contributed by atoms with Crippen molar-refractivity contribution in [2.75, 3.05) is 12.8 Å². The summed E-state index contributed by atoms with van der Waals surface area (Å²) < 4.78 is 0. The Morgan fingerprint density at radius 1 is 1.29 bits per heavy atom. The summed E-state index contributed by atoms with van der Waals surface area (Å²) in [5, 5.41) is 3.71. The van der Waals surface area contributed by atoms with Gasteiger partial charge in [0.05, 0.1) is 16.4 Å². The molecule has 0 radical (unpaired) electrons. The van der Waals surface area contributed by atoms with Crippen LogP contribution in [-0.4, -0.2) is 12.0 Å². The van der Waals surface area contributed by atoms with Crippen LogP contribution < -0.4 is 11.1 Å². The number of anilines is 1. The summed E-state index contributed by atoms with van der Waals surface area (Å²) in [4.78, 5) is 4.06. The fourth-order valence-electron chi connectivity index (χ4n) is 0.973. The minimum atomic E-state index is -0.0282. The molecule has 1 rings (SSSR count). The minimum Gasteiger partial charge on any atom is -0.396 e. The van der Waals surface area contributed by atoms with Gasteiger partial charge < -0.3 is 11.1 Å². The first-order valence-electron chi connectivity index (χ1n) is 3.96. The molecule has 0 amide bonds. The molecule has 1 heterocycles. The molecule has 3 nitrogen and oxygen atoms in total. The van der Waals surface area contributed by atoms with Gasteiger partial charge in [0.15, 0.2) is 0 Å². The van der Waals surface area contributed by atoms with Crippen LogP contribution in [-0.2, 0) is 0 Å². The summed E-state index contributed by atoms with van der Waals surface area (Å²) in [5.74, 6) is 0. The Morgan fingerprint density at radius 3 is 2.36 bits per heavy atom. The monoisotopic (exact) mass is 253 g/mol. The van der Waals surface area contributed by atoms with E-state index < -0.39 is 0 Å². The number of nitrogen functional groups attached to an aromatic ring is 1. The van der Waals surface area contributed by atoms with Crippen LogP contribution in [0, 0.1) is 0 Å². The summed E-state index contributed by atoms with van der Waals surface area (Å²) in [6.45, 7) is 1.90. The van der Waals surface area contributed by atoms with E-state index in [-0.39, 0.29) is 21.9 Å². The van der Waals surface area contributed by atoms with Gasteiger partial charge in [-0.25, -0.2) is 4.98 Å². The molecule has 0 saturated carbocycles. The second-order valence-corrected chi connectivity index (χ2v) is 3.95. The second-order valence-electron chi connectivity index (χ2n) is 2.84. The molecule has 1 atom stereocenters. The first-order valence-corrected chi connectivity index (χ1v) is 5.09. The normalized spacial score (nSPS) is 12.9. The number of halogens is 3. The quantitative estimate of drug-likeness (QED) is 0.798. The summed E-state index contributed by atoms with van der Waals surface area (Å²) in [5.41, 5.74) is 6.53. The first kappa shape index (κ1) is 11.9. The van der Waals surface area contributed by atoms with Crippen LogP contribution in [0.4, 0.5) is 5.69 Å². The highest BCUT2D eigenvalue weighted by atomic mass is 35.5. The number of nitrogens with one attached hydrogen (secondary N) is 1. The first-order chi connectivity index (χ1) is 6.49. The molecule has 1 aromatic heterocycles. The number of hydrogen-bond acceptors (Lipinski definition) is 3. The predicted octanol–water partition coefficient (Wildman–Crippen LogP) is 2.90. The van der Waals surface area contributed by atoms with Crippen molar-refractivity contribution in [1.29, 1.82) is 0 Å². The van der Waals surface area contributed by atoms with Crippen LogP contribution in [0.25, 0.3) is 0 Å². The van der Waals surface area contributed by atoms with Crippen molar-refractivity contribution in [2.45, 2.75) is 13.0 Å².